The van der Waals surface area contributed by atoms with Crippen molar-refractivity contribution in [1.82, 2.24) is 5.32 Å². The summed E-state index contributed by atoms with van der Waals surface area (Å²) in [7, 11) is 0. The molecule has 10 heteroatoms. The van der Waals surface area contributed by atoms with Gasteiger partial charge in [-0.25, -0.2) is 4.79 Å². The van der Waals surface area contributed by atoms with Crippen LogP contribution in [0, 0.1) is 15.4 Å². The van der Waals surface area contributed by atoms with Crippen LogP contribution in [0.1, 0.15) is 76.1 Å². The number of hydrogen-bond donors (Lipinski definition) is 2. The van der Waals surface area contributed by atoms with Gasteiger partial charge in [-0.3, -0.25) is 9.59 Å². The highest BCUT2D eigenvalue weighted by Gasteiger charge is 2.64. The average molecular weight is 668 g/mol. The van der Waals surface area contributed by atoms with Crippen LogP contribution in [0.5, 0.6) is 0 Å². The smallest absolute Gasteiger partial charge is 0.338 e. The highest BCUT2D eigenvalue weighted by Crippen LogP contribution is 2.59. The van der Waals surface area contributed by atoms with Crippen molar-refractivity contribution in [2.24, 2.45) is 11.8 Å². The van der Waals surface area contributed by atoms with Crippen molar-refractivity contribution < 1.29 is 38.4 Å². The Morgan fingerprint density at radius 1 is 1.10 bits per heavy atom. The van der Waals surface area contributed by atoms with Gasteiger partial charge in [0.15, 0.2) is 5.79 Å². The third-order valence-electron chi connectivity index (χ3n) is 7.71. The molecule has 0 bridgehead atoms. The summed E-state index contributed by atoms with van der Waals surface area (Å²) in [5.74, 6) is -1.32. The van der Waals surface area contributed by atoms with Crippen molar-refractivity contribution in [3.8, 4) is 0 Å². The first-order chi connectivity index (χ1) is 19.0. The number of ether oxygens (including phenoxy) is 4. The van der Waals surface area contributed by atoms with Crippen molar-refractivity contribution in [1.29, 1.82) is 0 Å². The summed E-state index contributed by atoms with van der Waals surface area (Å²) in [5.41, 5.74) is 0.223. The third-order valence-corrected chi connectivity index (χ3v) is 8.43. The van der Waals surface area contributed by atoms with Gasteiger partial charge in [0.2, 0.25) is 5.91 Å². The number of hydrogen-bond acceptors (Lipinski definition) is 8. The number of aliphatic hydroxyl groups excluding tert-OH is 1. The van der Waals surface area contributed by atoms with Crippen LogP contribution in [-0.4, -0.2) is 65.3 Å². The molecule has 3 fully saturated rings. The number of amides is 1. The lowest BCUT2D eigenvalue weighted by atomic mass is 9.91. The fraction of sp³-hybridized carbons (Fsp3) is 0.633. The van der Waals surface area contributed by atoms with Crippen molar-refractivity contribution in [3.63, 3.8) is 0 Å². The lowest BCUT2D eigenvalue weighted by molar-refractivity contribution is -0.209. The van der Waals surface area contributed by atoms with E-state index in [1.54, 1.807) is 39.0 Å². The molecule has 0 radical (unpaired) electrons. The van der Waals surface area contributed by atoms with E-state index in [-0.39, 0.29) is 25.9 Å². The van der Waals surface area contributed by atoms with Crippen LogP contribution in [0.15, 0.2) is 35.9 Å². The van der Waals surface area contributed by atoms with Crippen molar-refractivity contribution in [3.05, 3.63) is 45.0 Å². The Labute approximate surface area is 248 Å². The maximum Gasteiger partial charge on any atom is 0.338 e. The quantitative estimate of drug-likeness (QED) is 0.284. The molecule has 40 heavy (non-hydrogen) atoms. The molecule has 2 N–H and O–H groups in total. The first-order valence-corrected chi connectivity index (χ1v) is 15.2. The molecule has 1 saturated heterocycles. The van der Waals surface area contributed by atoms with Crippen LogP contribution < -0.4 is 5.32 Å². The monoisotopic (exact) mass is 667 g/mol. The van der Waals surface area contributed by atoms with Gasteiger partial charge in [-0.15, -0.1) is 0 Å². The van der Waals surface area contributed by atoms with Crippen LogP contribution in [-0.2, 0) is 28.5 Å². The number of carbonyl (C=O) groups is 3. The Balaban J connectivity index is 1.30. The van der Waals surface area contributed by atoms with E-state index >= 15 is 0 Å². The fourth-order valence-corrected chi connectivity index (χ4v) is 5.89. The Morgan fingerprint density at radius 3 is 2.33 bits per heavy atom. The molecular weight excluding hydrogens is 629 g/mol. The number of esters is 2. The standard InChI is InChI=1S/C30H38INO8/c1-29(2,3)39-25(34)13-12-22(16-33)32-27(35)18-14-23(37-28(36)17-4-10-21(31)11-5-17)26-24(15-18)38-30(40-26,19-6-7-19)20-8-9-20/h4-5,10-11,15,19-20,22-24,26,33H,6-9,12-14,16H2,1-3H3,(H,32,35). The molecule has 4 aliphatic rings. The zero-order valence-corrected chi connectivity index (χ0v) is 25.3. The average Bonchev–Trinajstić information content (AvgIpc) is 3.82. The lowest BCUT2D eigenvalue weighted by Gasteiger charge is -2.31. The van der Waals surface area contributed by atoms with Crippen LogP contribution in [0.4, 0.5) is 0 Å². The number of halogens is 1. The van der Waals surface area contributed by atoms with E-state index in [4.69, 9.17) is 18.9 Å². The first kappa shape index (κ1) is 29.5. The van der Waals surface area contributed by atoms with E-state index in [2.05, 4.69) is 27.9 Å². The van der Waals surface area contributed by atoms with E-state index in [1.165, 1.54) is 0 Å². The van der Waals surface area contributed by atoms with Crippen molar-refractivity contribution >= 4 is 40.4 Å². The maximum absolute atomic E-state index is 13.4. The highest BCUT2D eigenvalue weighted by atomic mass is 127. The SMILES string of the molecule is CC(C)(C)OC(=O)CCC(CO)NC(=O)C1=CC2OC(C3CC3)(C3CC3)OC2C(OC(=O)c2ccc(I)cc2)C1. The Morgan fingerprint density at radius 2 is 1.75 bits per heavy atom. The predicted octanol–water partition coefficient (Wildman–Crippen LogP) is 4.05. The summed E-state index contributed by atoms with van der Waals surface area (Å²) >= 11 is 2.18. The molecule has 1 aliphatic heterocycles. The van der Waals surface area contributed by atoms with Crippen LogP contribution in [0.2, 0.25) is 0 Å². The van der Waals surface area contributed by atoms with Crippen LogP contribution >= 0.6 is 22.6 Å². The molecule has 1 amide bonds. The van der Waals surface area contributed by atoms with E-state index in [1.807, 2.05) is 12.1 Å². The largest absolute Gasteiger partial charge is 0.460 e. The number of nitrogens with one attached hydrogen (secondary N) is 1. The van der Waals surface area contributed by atoms with Gasteiger partial charge in [0, 0.05) is 33.8 Å². The second-order valence-electron chi connectivity index (χ2n) is 12.3. The summed E-state index contributed by atoms with van der Waals surface area (Å²) < 4.78 is 25.6. The van der Waals surface area contributed by atoms with Gasteiger partial charge in [-0.2, -0.15) is 0 Å². The second-order valence-corrected chi connectivity index (χ2v) is 13.5. The molecule has 4 atom stereocenters. The van der Waals surface area contributed by atoms with Gasteiger partial charge >= 0.3 is 11.9 Å². The molecule has 1 aromatic carbocycles. The first-order valence-electron chi connectivity index (χ1n) is 14.1. The van der Waals surface area contributed by atoms with Gasteiger partial charge in [0.1, 0.15) is 23.9 Å². The van der Waals surface area contributed by atoms with Gasteiger partial charge in [0.25, 0.3) is 0 Å². The summed E-state index contributed by atoms with van der Waals surface area (Å²) in [5, 5.41) is 12.7. The summed E-state index contributed by atoms with van der Waals surface area (Å²) in [6.07, 6.45) is 4.63. The van der Waals surface area contributed by atoms with Gasteiger partial charge < -0.3 is 29.4 Å². The summed E-state index contributed by atoms with van der Waals surface area (Å²) in [6, 6.07) is 6.48. The molecule has 4 unspecified atom stereocenters. The second kappa shape index (κ2) is 11.7. The van der Waals surface area contributed by atoms with E-state index in [0.717, 1.165) is 29.3 Å². The van der Waals surface area contributed by atoms with E-state index < -0.39 is 53.6 Å². The van der Waals surface area contributed by atoms with E-state index in [0.29, 0.717) is 23.0 Å². The molecule has 9 nitrogen and oxygen atoms in total. The molecule has 0 aromatic heterocycles. The highest BCUT2D eigenvalue weighted by molar-refractivity contribution is 14.1. The molecule has 218 valence electrons. The molecular formula is C30H38INO8. The minimum atomic E-state index is -0.712. The van der Waals surface area contributed by atoms with Gasteiger partial charge in [0.05, 0.1) is 18.2 Å². The zero-order valence-electron chi connectivity index (χ0n) is 23.2. The molecule has 1 aromatic rings. The van der Waals surface area contributed by atoms with E-state index in [9.17, 15) is 19.5 Å². The Hall–Kier alpha value is -2.02. The summed E-state index contributed by atoms with van der Waals surface area (Å²) in [4.78, 5) is 38.6. The fourth-order valence-electron chi connectivity index (χ4n) is 5.53. The Bertz CT molecular complexity index is 1140. The number of rotatable bonds is 10. The maximum atomic E-state index is 13.4. The third kappa shape index (κ3) is 6.88. The number of carbonyl (C=O) groups excluding carboxylic acids is 3. The number of benzene rings is 1. The minimum Gasteiger partial charge on any atom is -0.460 e. The lowest BCUT2D eigenvalue weighted by Crippen LogP contribution is -2.45. The van der Waals surface area contributed by atoms with Crippen molar-refractivity contribution in [2.75, 3.05) is 6.61 Å². The van der Waals surface area contributed by atoms with Crippen LogP contribution in [0.3, 0.4) is 0 Å². The van der Waals surface area contributed by atoms with Gasteiger partial charge in [-0.05, 0) is 106 Å². The molecule has 2 saturated carbocycles. The molecule has 1 heterocycles. The zero-order chi connectivity index (χ0) is 28.7. The molecule has 5 rings (SSSR count). The minimum absolute atomic E-state index is 0.0605. The topological polar surface area (TPSA) is 120 Å². The van der Waals surface area contributed by atoms with Crippen molar-refractivity contribution in [2.45, 2.75) is 101 Å². The predicted molar refractivity (Wildman–Crippen MR) is 153 cm³/mol. The number of fused-ring (bicyclic) bond motifs is 1. The van der Waals surface area contributed by atoms with Gasteiger partial charge in [-0.1, -0.05) is 0 Å². The number of aliphatic hydroxyl groups is 1. The Kier molecular flexibility index (Phi) is 8.62. The molecule has 0 spiro atoms. The van der Waals surface area contributed by atoms with Crippen LogP contribution in [0.25, 0.3) is 0 Å². The normalized spacial score (nSPS) is 26.3. The molecule has 3 aliphatic carbocycles. The summed E-state index contributed by atoms with van der Waals surface area (Å²) in [6.45, 7) is 5.04.